The van der Waals surface area contributed by atoms with Gasteiger partial charge in [-0.3, -0.25) is 24.0 Å². The fourth-order valence-corrected chi connectivity index (χ4v) is 5.49. The molecule has 244 valence electrons. The van der Waals surface area contributed by atoms with E-state index in [0.717, 1.165) is 5.56 Å². The minimum absolute atomic E-state index is 0.0687. The van der Waals surface area contributed by atoms with Crippen LogP contribution in [0.2, 0.25) is 0 Å². The Balaban J connectivity index is 2.18. The van der Waals surface area contributed by atoms with E-state index in [9.17, 15) is 39.0 Å². The van der Waals surface area contributed by atoms with E-state index in [1.54, 1.807) is 30.3 Å². The molecule has 13 nitrogen and oxygen atoms in total. The molecule has 1 heterocycles. The molecule has 44 heavy (non-hydrogen) atoms. The molecular weight excluding hydrogens is 590 g/mol. The summed E-state index contributed by atoms with van der Waals surface area (Å²) in [6, 6.07) is 3.54. The molecule has 14 heteroatoms. The first-order valence-electron chi connectivity index (χ1n) is 14.8. The summed E-state index contributed by atoms with van der Waals surface area (Å²) >= 11 is 1.45. The number of carbonyl (C=O) groups excluding carboxylic acids is 4. The number of likely N-dealkylation sites (tertiary alicyclic amines) is 1. The monoisotopic (exact) mass is 635 g/mol. The number of aliphatic carboxylic acids is 2. The summed E-state index contributed by atoms with van der Waals surface area (Å²) in [6.45, 7) is 4.02. The zero-order chi connectivity index (χ0) is 32.8. The van der Waals surface area contributed by atoms with Gasteiger partial charge in [0.2, 0.25) is 23.6 Å². The van der Waals surface area contributed by atoms with Crippen molar-refractivity contribution in [1.29, 1.82) is 0 Å². The molecule has 1 aromatic carbocycles. The molecule has 1 aromatic rings. The van der Waals surface area contributed by atoms with Crippen LogP contribution in [0.5, 0.6) is 0 Å². The van der Waals surface area contributed by atoms with Crippen LogP contribution >= 0.6 is 11.8 Å². The summed E-state index contributed by atoms with van der Waals surface area (Å²) in [6.07, 6.45) is 2.70. The number of carbonyl (C=O) groups is 6. The Hall–Kier alpha value is -3.65. The zero-order valence-corrected chi connectivity index (χ0v) is 26.3. The molecule has 0 bridgehead atoms. The average molecular weight is 636 g/mol. The van der Waals surface area contributed by atoms with Crippen LogP contribution < -0.4 is 21.7 Å². The first-order valence-corrected chi connectivity index (χ1v) is 16.2. The van der Waals surface area contributed by atoms with Crippen molar-refractivity contribution < 1.29 is 39.0 Å². The Morgan fingerprint density at radius 3 is 2.20 bits per heavy atom. The minimum Gasteiger partial charge on any atom is -0.481 e. The highest BCUT2D eigenvalue weighted by atomic mass is 32.2. The van der Waals surface area contributed by atoms with Crippen molar-refractivity contribution in [2.24, 2.45) is 11.7 Å². The van der Waals surface area contributed by atoms with Crippen molar-refractivity contribution in [2.45, 2.75) is 89.0 Å². The van der Waals surface area contributed by atoms with E-state index in [1.807, 2.05) is 20.1 Å². The number of hydrogen-bond donors (Lipinski definition) is 6. The van der Waals surface area contributed by atoms with Gasteiger partial charge in [-0.05, 0) is 55.6 Å². The molecule has 0 radical (unpaired) electrons. The van der Waals surface area contributed by atoms with Crippen molar-refractivity contribution in [3.8, 4) is 0 Å². The number of carboxylic acids is 2. The molecule has 0 aliphatic carbocycles. The Bertz CT molecular complexity index is 1150. The molecule has 1 fully saturated rings. The topological polar surface area (TPSA) is 208 Å². The van der Waals surface area contributed by atoms with E-state index in [-0.39, 0.29) is 31.7 Å². The van der Waals surface area contributed by atoms with Crippen LogP contribution in [0.1, 0.15) is 57.9 Å². The predicted octanol–water partition coefficient (Wildman–Crippen LogP) is 0.750. The number of rotatable bonds is 18. The van der Waals surface area contributed by atoms with Crippen LogP contribution in [-0.4, -0.2) is 99.4 Å². The second-order valence-corrected chi connectivity index (χ2v) is 12.3. The summed E-state index contributed by atoms with van der Waals surface area (Å²) in [5.74, 6) is -4.20. The SMILES string of the molecule is CSCC[C@H](NC(=O)[C@H](CCC(=O)O)NC(=O)[C@@H](N)CC(C)C)C(=O)N1CCC[C@H]1C(=O)N[C@@H](Cc1ccccc1)C(=O)O. The fourth-order valence-electron chi connectivity index (χ4n) is 5.02. The molecule has 0 spiro atoms. The average Bonchev–Trinajstić information content (AvgIpc) is 3.46. The van der Waals surface area contributed by atoms with Crippen LogP contribution in [0.3, 0.4) is 0 Å². The van der Waals surface area contributed by atoms with Gasteiger partial charge in [0, 0.05) is 19.4 Å². The van der Waals surface area contributed by atoms with Crippen LogP contribution in [0.15, 0.2) is 30.3 Å². The Morgan fingerprint density at radius 1 is 0.955 bits per heavy atom. The first-order chi connectivity index (χ1) is 20.8. The normalized spacial score (nSPS) is 17.3. The van der Waals surface area contributed by atoms with Crippen molar-refractivity contribution in [2.75, 3.05) is 18.6 Å². The number of thioether (sulfide) groups is 1. The molecule has 1 aliphatic heterocycles. The number of nitrogens with two attached hydrogens (primary N) is 1. The molecule has 0 unspecified atom stereocenters. The zero-order valence-electron chi connectivity index (χ0n) is 25.5. The van der Waals surface area contributed by atoms with Gasteiger partial charge in [0.25, 0.3) is 0 Å². The lowest BCUT2D eigenvalue weighted by Crippen LogP contribution is -2.58. The molecule has 4 amide bonds. The second-order valence-electron chi connectivity index (χ2n) is 11.4. The van der Waals surface area contributed by atoms with Crippen molar-refractivity contribution in [1.82, 2.24) is 20.9 Å². The molecule has 7 N–H and O–H groups in total. The summed E-state index contributed by atoms with van der Waals surface area (Å²) in [5, 5.41) is 26.7. The third-order valence-corrected chi connectivity index (χ3v) is 7.95. The maximum Gasteiger partial charge on any atom is 0.326 e. The second kappa shape index (κ2) is 18.2. The highest BCUT2D eigenvalue weighted by Crippen LogP contribution is 2.21. The molecule has 1 aliphatic rings. The lowest BCUT2D eigenvalue weighted by atomic mass is 10.0. The Kier molecular flexibility index (Phi) is 15.1. The summed E-state index contributed by atoms with van der Waals surface area (Å²) in [7, 11) is 0. The van der Waals surface area contributed by atoms with Crippen molar-refractivity contribution in [3.05, 3.63) is 35.9 Å². The van der Waals surface area contributed by atoms with E-state index in [0.29, 0.717) is 25.0 Å². The summed E-state index contributed by atoms with van der Waals surface area (Å²) in [4.78, 5) is 77.6. The van der Waals surface area contributed by atoms with Crippen LogP contribution in [-0.2, 0) is 35.2 Å². The predicted molar refractivity (Wildman–Crippen MR) is 166 cm³/mol. The highest BCUT2D eigenvalue weighted by molar-refractivity contribution is 7.98. The maximum atomic E-state index is 13.8. The lowest BCUT2D eigenvalue weighted by molar-refractivity contribution is -0.145. The van der Waals surface area contributed by atoms with Crippen LogP contribution in [0.4, 0.5) is 0 Å². The van der Waals surface area contributed by atoms with Gasteiger partial charge >= 0.3 is 11.9 Å². The Morgan fingerprint density at radius 2 is 1.61 bits per heavy atom. The van der Waals surface area contributed by atoms with Crippen molar-refractivity contribution in [3.63, 3.8) is 0 Å². The number of benzene rings is 1. The maximum absolute atomic E-state index is 13.8. The third kappa shape index (κ3) is 11.8. The van der Waals surface area contributed by atoms with Crippen molar-refractivity contribution >= 4 is 47.3 Å². The molecule has 1 saturated heterocycles. The third-order valence-electron chi connectivity index (χ3n) is 7.30. The molecular formula is C30H45N5O8S. The minimum atomic E-state index is -1.24. The summed E-state index contributed by atoms with van der Waals surface area (Å²) < 4.78 is 0. The van der Waals surface area contributed by atoms with Gasteiger partial charge in [0.15, 0.2) is 0 Å². The van der Waals surface area contributed by atoms with Gasteiger partial charge in [-0.2, -0.15) is 11.8 Å². The quantitative estimate of drug-likeness (QED) is 0.133. The van der Waals surface area contributed by atoms with Crippen LogP contribution in [0.25, 0.3) is 0 Å². The number of nitrogens with zero attached hydrogens (tertiary/aromatic N) is 1. The number of nitrogens with one attached hydrogen (secondary N) is 3. The molecule has 5 atom stereocenters. The number of amides is 4. The van der Waals surface area contributed by atoms with Crippen LogP contribution in [0, 0.1) is 5.92 Å². The van der Waals surface area contributed by atoms with E-state index in [2.05, 4.69) is 16.0 Å². The van der Waals surface area contributed by atoms with Gasteiger partial charge in [-0.15, -0.1) is 0 Å². The van der Waals surface area contributed by atoms with Gasteiger partial charge in [-0.25, -0.2) is 4.79 Å². The Labute approximate surface area is 262 Å². The lowest BCUT2D eigenvalue weighted by Gasteiger charge is -2.30. The van der Waals surface area contributed by atoms with Gasteiger partial charge in [-0.1, -0.05) is 44.2 Å². The van der Waals surface area contributed by atoms with Gasteiger partial charge in [0.05, 0.1) is 6.04 Å². The molecule has 2 rings (SSSR count). The van der Waals surface area contributed by atoms with E-state index in [1.165, 1.54) is 16.7 Å². The fraction of sp³-hybridized carbons (Fsp3) is 0.600. The smallest absolute Gasteiger partial charge is 0.326 e. The largest absolute Gasteiger partial charge is 0.481 e. The van der Waals surface area contributed by atoms with E-state index < -0.39 is 72.2 Å². The number of carboxylic acid groups (broad SMARTS) is 2. The number of hydrogen-bond acceptors (Lipinski definition) is 8. The molecule has 0 aromatic heterocycles. The van der Waals surface area contributed by atoms with E-state index >= 15 is 0 Å². The molecule has 0 saturated carbocycles. The first kappa shape index (κ1) is 36.5. The van der Waals surface area contributed by atoms with E-state index in [4.69, 9.17) is 5.73 Å². The van der Waals surface area contributed by atoms with Gasteiger partial charge in [0.1, 0.15) is 24.2 Å². The summed E-state index contributed by atoms with van der Waals surface area (Å²) in [5.41, 5.74) is 6.69. The standard InChI is InChI=1S/C30H45N5O8S/c1-18(2)16-20(31)26(38)32-21(11-12-25(36)37)27(39)33-22(13-15-44-3)29(41)35-14-7-10-24(35)28(40)34-23(30(42)43)17-19-8-5-4-6-9-19/h4-6,8-9,18,20-24H,7,10-17,31H2,1-3H3,(H,32,38)(H,33,39)(H,34,40)(H,36,37)(H,42,43)/t20-,21-,22-,23-,24-/m0/s1. The van der Waals surface area contributed by atoms with Gasteiger partial charge < -0.3 is 36.8 Å². The highest BCUT2D eigenvalue weighted by Gasteiger charge is 2.39.